The van der Waals surface area contributed by atoms with Gasteiger partial charge in [0.15, 0.2) is 11.6 Å². The predicted molar refractivity (Wildman–Crippen MR) is 79.2 cm³/mol. The highest BCUT2D eigenvalue weighted by atomic mass is 19.1. The average molecular weight is 309 g/mol. The summed E-state index contributed by atoms with van der Waals surface area (Å²) >= 11 is 0. The minimum atomic E-state index is -0.913. The molecular formula is C15H20FN3O3. The molecule has 2 N–H and O–H groups in total. The summed E-state index contributed by atoms with van der Waals surface area (Å²) in [5.74, 6) is -1.03. The number of halogens is 1. The molecule has 1 aromatic rings. The highest BCUT2D eigenvalue weighted by Crippen LogP contribution is 2.45. The van der Waals surface area contributed by atoms with Crippen LogP contribution in [0.3, 0.4) is 0 Å². The summed E-state index contributed by atoms with van der Waals surface area (Å²) in [4.78, 5) is 12.6. The van der Waals surface area contributed by atoms with Crippen molar-refractivity contribution < 1.29 is 14.4 Å². The second-order valence-electron chi connectivity index (χ2n) is 6.04. The molecule has 1 aliphatic heterocycles. The quantitative estimate of drug-likeness (QED) is 0.658. The van der Waals surface area contributed by atoms with Crippen molar-refractivity contribution in [3.05, 3.63) is 33.6 Å². The van der Waals surface area contributed by atoms with E-state index in [1.54, 1.807) is 0 Å². The van der Waals surface area contributed by atoms with Crippen LogP contribution in [0.1, 0.15) is 30.9 Å². The van der Waals surface area contributed by atoms with E-state index in [2.05, 4.69) is 10.2 Å². The molecule has 3 rings (SSSR count). The van der Waals surface area contributed by atoms with Gasteiger partial charge in [-0.15, -0.1) is 0 Å². The maximum absolute atomic E-state index is 13.9. The lowest BCUT2D eigenvalue weighted by Gasteiger charge is -2.43. The van der Waals surface area contributed by atoms with E-state index in [0.717, 1.165) is 51.5 Å². The molecule has 0 spiro atoms. The fourth-order valence-electron chi connectivity index (χ4n) is 3.40. The van der Waals surface area contributed by atoms with Crippen LogP contribution < -0.4 is 5.32 Å². The van der Waals surface area contributed by atoms with Gasteiger partial charge in [-0.2, -0.15) is 0 Å². The van der Waals surface area contributed by atoms with E-state index in [4.69, 9.17) is 0 Å². The van der Waals surface area contributed by atoms with Gasteiger partial charge in [0.25, 0.3) is 5.69 Å². The lowest BCUT2D eigenvalue weighted by molar-refractivity contribution is -0.385. The topological polar surface area (TPSA) is 78.6 Å². The van der Waals surface area contributed by atoms with E-state index in [-0.39, 0.29) is 11.7 Å². The van der Waals surface area contributed by atoms with E-state index < -0.39 is 16.5 Å². The van der Waals surface area contributed by atoms with E-state index in [0.29, 0.717) is 11.5 Å². The number of hydrogen-bond acceptors (Lipinski definition) is 5. The van der Waals surface area contributed by atoms with Gasteiger partial charge in [-0.25, -0.2) is 4.39 Å². The molecule has 7 heteroatoms. The zero-order chi connectivity index (χ0) is 15.7. The van der Waals surface area contributed by atoms with Crippen LogP contribution in [0.2, 0.25) is 0 Å². The van der Waals surface area contributed by atoms with E-state index >= 15 is 0 Å². The number of non-ortho nitro benzene ring substituents is 1. The van der Waals surface area contributed by atoms with Crippen LogP contribution in [0.5, 0.6) is 5.75 Å². The molecule has 0 bridgehead atoms. The Morgan fingerprint density at radius 3 is 2.59 bits per heavy atom. The van der Waals surface area contributed by atoms with Crippen molar-refractivity contribution in [2.24, 2.45) is 5.92 Å². The summed E-state index contributed by atoms with van der Waals surface area (Å²) in [5, 5.41) is 24.4. The fourth-order valence-corrected chi connectivity index (χ4v) is 3.40. The lowest BCUT2D eigenvalue weighted by Crippen LogP contribution is -2.47. The first kappa shape index (κ1) is 15.2. The molecule has 0 unspecified atom stereocenters. The number of nitro groups is 1. The Balaban J connectivity index is 2.00. The summed E-state index contributed by atoms with van der Waals surface area (Å²) in [6.45, 7) is 3.26. The van der Waals surface area contributed by atoms with Gasteiger partial charge >= 0.3 is 0 Å². The zero-order valence-corrected chi connectivity index (χ0v) is 12.3. The monoisotopic (exact) mass is 309 g/mol. The van der Waals surface area contributed by atoms with Crippen molar-refractivity contribution in [1.82, 2.24) is 10.2 Å². The van der Waals surface area contributed by atoms with Crippen molar-refractivity contribution in [3.63, 3.8) is 0 Å². The lowest BCUT2D eigenvalue weighted by atomic mass is 9.76. The first-order valence-electron chi connectivity index (χ1n) is 7.69. The number of nitro benzene ring substituents is 1. The Morgan fingerprint density at radius 1 is 1.36 bits per heavy atom. The van der Waals surface area contributed by atoms with Gasteiger partial charge in [0.1, 0.15) is 0 Å². The van der Waals surface area contributed by atoms with Crippen molar-refractivity contribution in [2.45, 2.75) is 25.3 Å². The third-order valence-corrected chi connectivity index (χ3v) is 4.75. The number of hydrogen-bond donors (Lipinski definition) is 2. The van der Waals surface area contributed by atoms with E-state index in [1.165, 1.54) is 6.07 Å². The molecule has 22 heavy (non-hydrogen) atoms. The largest absolute Gasteiger partial charge is 0.505 e. The van der Waals surface area contributed by atoms with E-state index in [9.17, 15) is 19.6 Å². The third-order valence-electron chi connectivity index (χ3n) is 4.75. The molecule has 1 saturated carbocycles. The molecule has 1 aromatic carbocycles. The molecule has 0 radical (unpaired) electrons. The van der Waals surface area contributed by atoms with Gasteiger partial charge in [-0.1, -0.05) is 6.42 Å². The molecule has 1 aliphatic carbocycles. The molecule has 2 fully saturated rings. The van der Waals surface area contributed by atoms with Gasteiger partial charge < -0.3 is 10.4 Å². The number of piperazine rings is 1. The average Bonchev–Trinajstić information content (AvgIpc) is 2.46. The highest BCUT2D eigenvalue weighted by molar-refractivity contribution is 5.46. The summed E-state index contributed by atoms with van der Waals surface area (Å²) in [5.41, 5.74) is 0.0584. The highest BCUT2D eigenvalue weighted by Gasteiger charge is 2.36. The van der Waals surface area contributed by atoms with Gasteiger partial charge in [0.2, 0.25) is 0 Å². The van der Waals surface area contributed by atoms with Crippen LogP contribution in [0.25, 0.3) is 0 Å². The number of nitrogens with one attached hydrogen (secondary N) is 1. The maximum Gasteiger partial charge on any atom is 0.272 e. The second-order valence-corrected chi connectivity index (χ2v) is 6.04. The Kier molecular flexibility index (Phi) is 4.26. The van der Waals surface area contributed by atoms with Crippen molar-refractivity contribution in [2.75, 3.05) is 26.2 Å². The second kappa shape index (κ2) is 6.18. The normalized spacial score (nSPS) is 21.3. The first-order chi connectivity index (χ1) is 10.6. The van der Waals surface area contributed by atoms with E-state index in [1.807, 2.05) is 0 Å². The summed E-state index contributed by atoms with van der Waals surface area (Å²) in [7, 11) is 0. The summed E-state index contributed by atoms with van der Waals surface area (Å²) < 4.78 is 13.9. The molecule has 2 aliphatic rings. The Bertz CT molecular complexity index is 571. The predicted octanol–water partition coefficient (Wildman–Crippen LogP) is 2.19. The van der Waals surface area contributed by atoms with Crippen LogP contribution in [0, 0.1) is 21.8 Å². The molecule has 1 heterocycles. The molecule has 6 nitrogen and oxygen atoms in total. The minimum Gasteiger partial charge on any atom is -0.505 e. The summed E-state index contributed by atoms with van der Waals surface area (Å²) in [6, 6.07) is 1.97. The first-order valence-corrected chi connectivity index (χ1v) is 7.69. The van der Waals surface area contributed by atoms with Crippen LogP contribution >= 0.6 is 0 Å². The smallest absolute Gasteiger partial charge is 0.272 e. The molecular weight excluding hydrogens is 289 g/mol. The van der Waals surface area contributed by atoms with Crippen LogP contribution in [-0.4, -0.2) is 41.1 Å². The molecule has 0 aromatic heterocycles. The summed E-state index contributed by atoms with van der Waals surface area (Å²) in [6.07, 6.45) is 3.14. The zero-order valence-electron chi connectivity index (χ0n) is 12.3. The molecule has 120 valence electrons. The van der Waals surface area contributed by atoms with Crippen LogP contribution in [0.4, 0.5) is 10.1 Å². The third kappa shape index (κ3) is 2.78. The van der Waals surface area contributed by atoms with Crippen LogP contribution in [0.15, 0.2) is 12.1 Å². The number of benzene rings is 1. The number of rotatable bonds is 4. The standard InChI is InChI=1S/C15H20FN3O3/c16-13-9-11(19(21)22)8-12(15(13)20)14(10-2-1-3-10)18-6-4-17-5-7-18/h8-10,14,17,20H,1-7H2/t14-/m0/s1. The van der Waals surface area contributed by atoms with Crippen molar-refractivity contribution in [3.8, 4) is 5.75 Å². The number of phenols is 1. The van der Waals surface area contributed by atoms with Gasteiger partial charge in [-0.3, -0.25) is 15.0 Å². The number of phenolic OH excluding ortho intramolecular Hbond substituents is 1. The maximum atomic E-state index is 13.9. The number of nitrogens with zero attached hydrogens (tertiary/aromatic N) is 2. The number of aromatic hydroxyl groups is 1. The van der Waals surface area contributed by atoms with Gasteiger partial charge in [0, 0.05) is 43.9 Å². The molecule has 1 saturated heterocycles. The Hall–Kier alpha value is -1.73. The molecule has 0 amide bonds. The van der Waals surface area contributed by atoms with Gasteiger partial charge in [-0.05, 0) is 18.8 Å². The van der Waals surface area contributed by atoms with Crippen molar-refractivity contribution in [1.29, 1.82) is 0 Å². The minimum absolute atomic E-state index is 0.148. The Morgan fingerprint density at radius 2 is 2.05 bits per heavy atom. The SMILES string of the molecule is O=[N+]([O-])c1cc(F)c(O)c([C@H](C2CCC2)N2CCNCC2)c1. The van der Waals surface area contributed by atoms with Crippen LogP contribution in [-0.2, 0) is 0 Å². The molecule has 1 atom stereocenters. The van der Waals surface area contributed by atoms with Crippen molar-refractivity contribution >= 4 is 5.69 Å². The Labute approximate surface area is 128 Å². The fraction of sp³-hybridized carbons (Fsp3) is 0.600. The van der Waals surface area contributed by atoms with Gasteiger partial charge in [0.05, 0.1) is 11.0 Å².